The Bertz CT molecular complexity index is 884. The lowest BCUT2D eigenvalue weighted by atomic mass is 9.81. The second-order valence-corrected chi connectivity index (χ2v) is 10.1. The van der Waals surface area contributed by atoms with Gasteiger partial charge in [0.05, 0.1) is 12.6 Å². The molecule has 0 aromatic heterocycles. The molecule has 1 aromatic carbocycles. The topological polar surface area (TPSA) is 125 Å². The van der Waals surface area contributed by atoms with E-state index in [9.17, 15) is 24.3 Å². The molecule has 34 heavy (non-hydrogen) atoms. The number of imide groups is 1. The van der Waals surface area contributed by atoms with Crippen LogP contribution in [-0.2, 0) is 19.1 Å². The first kappa shape index (κ1) is 25.7. The Kier molecular flexibility index (Phi) is 8.30. The number of anilines is 1. The van der Waals surface area contributed by atoms with E-state index in [0.717, 1.165) is 25.7 Å². The van der Waals surface area contributed by atoms with Crippen molar-refractivity contribution < 1.29 is 29.0 Å². The van der Waals surface area contributed by atoms with Gasteiger partial charge in [0.15, 0.2) is 0 Å². The van der Waals surface area contributed by atoms with Crippen LogP contribution in [-0.4, -0.2) is 52.5 Å². The van der Waals surface area contributed by atoms with Gasteiger partial charge in [0, 0.05) is 31.0 Å². The van der Waals surface area contributed by atoms with Crippen LogP contribution in [0, 0.1) is 11.8 Å². The SMILES string of the molecule is CC(C)(C)OC(=O)NCC(O)c1ccc(NC(=O)C2CCC(CN3C(=O)CCC3=O)CC2)cc1. The van der Waals surface area contributed by atoms with E-state index < -0.39 is 17.8 Å². The van der Waals surface area contributed by atoms with E-state index in [4.69, 9.17) is 4.74 Å². The smallest absolute Gasteiger partial charge is 0.407 e. The molecule has 1 heterocycles. The number of likely N-dealkylation sites (tertiary alicyclic amines) is 1. The summed E-state index contributed by atoms with van der Waals surface area (Å²) in [5.41, 5.74) is 0.636. The molecule has 0 radical (unpaired) electrons. The molecule has 9 nitrogen and oxygen atoms in total. The number of aliphatic hydroxyl groups excluding tert-OH is 1. The number of benzene rings is 1. The molecule has 0 spiro atoms. The Morgan fingerprint density at radius 1 is 1.06 bits per heavy atom. The third-order valence-corrected chi connectivity index (χ3v) is 6.21. The van der Waals surface area contributed by atoms with Gasteiger partial charge >= 0.3 is 6.09 Å². The Morgan fingerprint density at radius 2 is 1.65 bits per heavy atom. The predicted molar refractivity (Wildman–Crippen MR) is 126 cm³/mol. The maximum Gasteiger partial charge on any atom is 0.407 e. The third-order valence-electron chi connectivity index (χ3n) is 6.21. The molecule has 1 aromatic rings. The lowest BCUT2D eigenvalue weighted by Crippen LogP contribution is -2.36. The monoisotopic (exact) mass is 473 g/mol. The van der Waals surface area contributed by atoms with Crippen molar-refractivity contribution in [2.24, 2.45) is 11.8 Å². The van der Waals surface area contributed by atoms with Crippen LogP contribution in [0.2, 0.25) is 0 Å². The number of nitrogens with one attached hydrogen (secondary N) is 2. The molecular weight excluding hydrogens is 438 g/mol. The number of aliphatic hydroxyl groups is 1. The number of hydrogen-bond acceptors (Lipinski definition) is 6. The molecule has 3 rings (SSSR count). The molecule has 2 aliphatic rings. The Balaban J connectivity index is 1.42. The third kappa shape index (κ3) is 7.28. The quantitative estimate of drug-likeness (QED) is 0.523. The second kappa shape index (κ2) is 11.0. The highest BCUT2D eigenvalue weighted by Gasteiger charge is 2.33. The summed E-state index contributed by atoms with van der Waals surface area (Å²) in [6.45, 7) is 5.78. The molecule has 2 fully saturated rings. The Morgan fingerprint density at radius 3 is 2.21 bits per heavy atom. The zero-order chi connectivity index (χ0) is 24.9. The summed E-state index contributed by atoms with van der Waals surface area (Å²) >= 11 is 0. The zero-order valence-electron chi connectivity index (χ0n) is 20.1. The standard InChI is InChI=1S/C25H35N3O6/c1-25(2,3)34-24(33)26-14-20(29)17-8-10-19(11-9-17)27-23(32)18-6-4-16(5-7-18)15-28-21(30)12-13-22(28)31/h8-11,16,18,20,29H,4-7,12-15H2,1-3H3,(H,26,33)(H,27,32). The number of carbonyl (C=O) groups excluding carboxylic acids is 4. The Hall–Kier alpha value is -2.94. The first-order chi connectivity index (χ1) is 16.0. The molecule has 1 saturated heterocycles. The number of carbonyl (C=O) groups is 4. The van der Waals surface area contributed by atoms with E-state index in [-0.39, 0.29) is 36.1 Å². The molecule has 1 atom stereocenters. The molecule has 0 bridgehead atoms. The van der Waals surface area contributed by atoms with Gasteiger partial charge in [0.25, 0.3) is 0 Å². The van der Waals surface area contributed by atoms with Gasteiger partial charge < -0.3 is 20.5 Å². The van der Waals surface area contributed by atoms with Crippen molar-refractivity contribution in [1.82, 2.24) is 10.2 Å². The van der Waals surface area contributed by atoms with Crippen molar-refractivity contribution in [3.05, 3.63) is 29.8 Å². The van der Waals surface area contributed by atoms with Crippen molar-refractivity contribution in [2.45, 2.75) is 71.0 Å². The van der Waals surface area contributed by atoms with Crippen LogP contribution in [0.25, 0.3) is 0 Å². The molecule has 1 aliphatic carbocycles. The van der Waals surface area contributed by atoms with Gasteiger partial charge in [-0.2, -0.15) is 0 Å². The summed E-state index contributed by atoms with van der Waals surface area (Å²) in [6, 6.07) is 6.86. The molecule has 1 aliphatic heterocycles. The van der Waals surface area contributed by atoms with E-state index in [1.54, 1.807) is 45.0 Å². The molecule has 1 unspecified atom stereocenters. The summed E-state index contributed by atoms with van der Waals surface area (Å²) < 4.78 is 5.15. The number of rotatable bonds is 7. The lowest BCUT2D eigenvalue weighted by molar-refractivity contribution is -0.139. The first-order valence-corrected chi connectivity index (χ1v) is 11.9. The van der Waals surface area contributed by atoms with Crippen LogP contribution < -0.4 is 10.6 Å². The van der Waals surface area contributed by atoms with Crippen LogP contribution in [0.4, 0.5) is 10.5 Å². The van der Waals surface area contributed by atoms with Crippen molar-refractivity contribution in [3.8, 4) is 0 Å². The molecule has 186 valence electrons. The van der Waals surface area contributed by atoms with Crippen molar-refractivity contribution >= 4 is 29.5 Å². The normalized spacial score (nSPS) is 21.8. The first-order valence-electron chi connectivity index (χ1n) is 11.9. The van der Waals surface area contributed by atoms with Crippen molar-refractivity contribution in [2.75, 3.05) is 18.4 Å². The molecule has 4 amide bonds. The van der Waals surface area contributed by atoms with E-state index in [2.05, 4.69) is 10.6 Å². The van der Waals surface area contributed by atoms with Crippen LogP contribution in [0.1, 0.15) is 71.0 Å². The number of hydrogen-bond donors (Lipinski definition) is 3. The van der Waals surface area contributed by atoms with Crippen LogP contribution in [0.5, 0.6) is 0 Å². The predicted octanol–water partition coefficient (Wildman–Crippen LogP) is 3.14. The van der Waals surface area contributed by atoms with Crippen molar-refractivity contribution in [1.29, 1.82) is 0 Å². The van der Waals surface area contributed by atoms with Crippen LogP contribution >= 0.6 is 0 Å². The van der Waals surface area contributed by atoms with E-state index in [1.165, 1.54) is 4.90 Å². The van der Waals surface area contributed by atoms with Gasteiger partial charge in [0.2, 0.25) is 17.7 Å². The average Bonchev–Trinajstić information content (AvgIpc) is 3.09. The highest BCUT2D eigenvalue weighted by atomic mass is 16.6. The number of amides is 4. The maximum absolute atomic E-state index is 12.7. The maximum atomic E-state index is 12.7. The highest BCUT2D eigenvalue weighted by molar-refractivity contribution is 6.01. The Labute approximate surface area is 200 Å². The van der Waals surface area contributed by atoms with E-state index >= 15 is 0 Å². The average molecular weight is 474 g/mol. The molecule has 9 heteroatoms. The fourth-order valence-electron chi connectivity index (χ4n) is 4.34. The zero-order valence-corrected chi connectivity index (χ0v) is 20.1. The van der Waals surface area contributed by atoms with Gasteiger partial charge in [-0.1, -0.05) is 12.1 Å². The fraction of sp³-hybridized carbons (Fsp3) is 0.600. The minimum absolute atomic E-state index is 0.0124. The highest BCUT2D eigenvalue weighted by Crippen LogP contribution is 2.31. The van der Waals surface area contributed by atoms with E-state index in [0.29, 0.717) is 30.6 Å². The van der Waals surface area contributed by atoms with Gasteiger partial charge in [0.1, 0.15) is 5.60 Å². The molecule has 1 saturated carbocycles. The van der Waals surface area contributed by atoms with Gasteiger partial charge in [-0.05, 0) is 70.1 Å². The molecule has 3 N–H and O–H groups in total. The minimum atomic E-state index is -0.901. The number of ether oxygens (including phenoxy) is 1. The molecular formula is C25H35N3O6. The summed E-state index contributed by atoms with van der Waals surface area (Å²) in [6.07, 6.45) is 2.19. The largest absolute Gasteiger partial charge is 0.444 e. The fourth-order valence-corrected chi connectivity index (χ4v) is 4.34. The summed E-state index contributed by atoms with van der Waals surface area (Å²) in [5, 5.41) is 15.8. The summed E-state index contributed by atoms with van der Waals surface area (Å²) in [5.74, 6) is -0.0700. The summed E-state index contributed by atoms with van der Waals surface area (Å²) in [4.78, 5) is 49.4. The van der Waals surface area contributed by atoms with E-state index in [1.807, 2.05) is 0 Å². The van der Waals surface area contributed by atoms with Crippen molar-refractivity contribution in [3.63, 3.8) is 0 Å². The van der Waals surface area contributed by atoms with Gasteiger partial charge in [-0.25, -0.2) is 4.79 Å². The number of nitrogens with zero attached hydrogens (tertiary/aromatic N) is 1. The lowest BCUT2D eigenvalue weighted by Gasteiger charge is -2.30. The number of alkyl carbamates (subject to hydrolysis) is 1. The van der Waals surface area contributed by atoms with Crippen LogP contribution in [0.15, 0.2) is 24.3 Å². The minimum Gasteiger partial charge on any atom is -0.444 e. The second-order valence-electron chi connectivity index (χ2n) is 10.1. The van der Waals surface area contributed by atoms with Gasteiger partial charge in [-0.15, -0.1) is 0 Å². The van der Waals surface area contributed by atoms with Crippen LogP contribution in [0.3, 0.4) is 0 Å². The van der Waals surface area contributed by atoms with Gasteiger partial charge in [-0.3, -0.25) is 19.3 Å². The summed E-state index contributed by atoms with van der Waals surface area (Å²) in [7, 11) is 0.